The lowest BCUT2D eigenvalue weighted by atomic mass is 9.97. The summed E-state index contributed by atoms with van der Waals surface area (Å²) in [6, 6.07) is 10.3. The Morgan fingerprint density at radius 1 is 1.00 bits per heavy atom. The number of furan rings is 1. The summed E-state index contributed by atoms with van der Waals surface area (Å²) in [4.78, 5) is 24.0. The first-order valence-electron chi connectivity index (χ1n) is 7.69. The fourth-order valence-corrected chi connectivity index (χ4v) is 2.57. The number of hydrogen-bond donors (Lipinski definition) is 3. The monoisotopic (exact) mass is 313 g/mol. The molecule has 2 aromatic rings. The zero-order chi connectivity index (χ0) is 16.1. The van der Waals surface area contributed by atoms with Gasteiger partial charge in [-0.3, -0.25) is 9.59 Å². The van der Waals surface area contributed by atoms with Gasteiger partial charge in [0.1, 0.15) is 0 Å². The van der Waals surface area contributed by atoms with Crippen molar-refractivity contribution >= 4 is 23.2 Å². The average molecular weight is 313 g/mol. The number of benzene rings is 1. The van der Waals surface area contributed by atoms with E-state index in [4.69, 9.17) is 4.42 Å². The van der Waals surface area contributed by atoms with Crippen LogP contribution in [-0.4, -0.2) is 24.9 Å². The van der Waals surface area contributed by atoms with E-state index in [1.54, 1.807) is 36.4 Å². The molecule has 0 unspecified atom stereocenters. The Morgan fingerprint density at radius 3 is 2.26 bits per heavy atom. The predicted octanol–water partition coefficient (Wildman–Crippen LogP) is 2.47. The lowest BCUT2D eigenvalue weighted by Gasteiger charge is -2.21. The molecule has 0 radical (unpaired) electrons. The number of carbonyl (C=O) groups is 2. The maximum absolute atomic E-state index is 12.2. The summed E-state index contributed by atoms with van der Waals surface area (Å²) in [6.45, 7) is 1.77. The highest BCUT2D eigenvalue weighted by Gasteiger charge is 2.20. The number of nitrogens with one attached hydrogen (secondary N) is 3. The van der Waals surface area contributed by atoms with Gasteiger partial charge in [-0.15, -0.1) is 0 Å². The number of anilines is 2. The van der Waals surface area contributed by atoms with Crippen molar-refractivity contribution in [1.82, 2.24) is 5.32 Å². The fraction of sp³-hybridized carbons (Fsp3) is 0.294. The molecule has 1 aromatic carbocycles. The van der Waals surface area contributed by atoms with Crippen LogP contribution < -0.4 is 16.0 Å². The lowest BCUT2D eigenvalue weighted by molar-refractivity contribution is -0.120. The second-order valence-electron chi connectivity index (χ2n) is 5.52. The van der Waals surface area contributed by atoms with Crippen LogP contribution in [0.2, 0.25) is 0 Å². The summed E-state index contributed by atoms with van der Waals surface area (Å²) >= 11 is 0. The van der Waals surface area contributed by atoms with E-state index in [2.05, 4.69) is 16.0 Å². The summed E-state index contributed by atoms with van der Waals surface area (Å²) in [7, 11) is 0. The molecular weight excluding hydrogens is 294 g/mol. The molecular formula is C17H19N3O3. The quantitative estimate of drug-likeness (QED) is 0.809. The molecule has 1 aromatic heterocycles. The van der Waals surface area contributed by atoms with Crippen LogP contribution in [0.1, 0.15) is 23.4 Å². The highest BCUT2D eigenvalue weighted by atomic mass is 16.3. The molecule has 0 bridgehead atoms. The van der Waals surface area contributed by atoms with E-state index in [0.717, 1.165) is 31.6 Å². The van der Waals surface area contributed by atoms with Crippen molar-refractivity contribution in [3.8, 4) is 0 Å². The summed E-state index contributed by atoms with van der Waals surface area (Å²) in [5.41, 5.74) is 1.37. The third-order valence-corrected chi connectivity index (χ3v) is 3.87. The van der Waals surface area contributed by atoms with E-state index in [1.807, 2.05) is 0 Å². The minimum Gasteiger partial charge on any atom is -0.459 e. The molecule has 1 saturated heterocycles. The first-order chi connectivity index (χ1) is 11.2. The largest absolute Gasteiger partial charge is 0.459 e. The number of piperidine rings is 1. The molecule has 1 aliphatic heterocycles. The van der Waals surface area contributed by atoms with Crippen LogP contribution in [0.15, 0.2) is 47.1 Å². The summed E-state index contributed by atoms with van der Waals surface area (Å²) in [5, 5.41) is 8.90. The SMILES string of the molecule is O=C(Nc1ccc(NC(=O)C2CCNCC2)cc1)c1ccco1. The van der Waals surface area contributed by atoms with Gasteiger partial charge < -0.3 is 20.4 Å². The Kier molecular flexibility index (Phi) is 4.73. The summed E-state index contributed by atoms with van der Waals surface area (Å²) in [5.74, 6) is 0.0724. The Labute approximate surface area is 134 Å². The third-order valence-electron chi connectivity index (χ3n) is 3.87. The number of amides is 2. The first-order valence-corrected chi connectivity index (χ1v) is 7.69. The number of carbonyl (C=O) groups excluding carboxylic acids is 2. The molecule has 0 spiro atoms. The number of rotatable bonds is 4. The van der Waals surface area contributed by atoms with Crippen molar-refractivity contribution in [3.05, 3.63) is 48.4 Å². The second kappa shape index (κ2) is 7.11. The third kappa shape index (κ3) is 3.98. The molecule has 3 N–H and O–H groups in total. The van der Waals surface area contributed by atoms with Gasteiger partial charge in [0, 0.05) is 17.3 Å². The topological polar surface area (TPSA) is 83.4 Å². The van der Waals surface area contributed by atoms with Gasteiger partial charge in [-0.05, 0) is 62.3 Å². The average Bonchev–Trinajstić information content (AvgIpc) is 3.12. The molecule has 1 aliphatic rings. The van der Waals surface area contributed by atoms with E-state index >= 15 is 0 Å². The molecule has 6 heteroatoms. The first kappa shape index (κ1) is 15.3. The van der Waals surface area contributed by atoms with Crippen molar-refractivity contribution in [1.29, 1.82) is 0 Å². The highest BCUT2D eigenvalue weighted by Crippen LogP contribution is 2.18. The highest BCUT2D eigenvalue weighted by molar-refractivity contribution is 6.02. The molecule has 120 valence electrons. The van der Waals surface area contributed by atoms with Crippen LogP contribution in [-0.2, 0) is 4.79 Å². The maximum Gasteiger partial charge on any atom is 0.291 e. The molecule has 6 nitrogen and oxygen atoms in total. The fourth-order valence-electron chi connectivity index (χ4n) is 2.57. The predicted molar refractivity (Wildman–Crippen MR) is 87.3 cm³/mol. The van der Waals surface area contributed by atoms with Gasteiger partial charge in [0.25, 0.3) is 5.91 Å². The second-order valence-corrected chi connectivity index (χ2v) is 5.52. The Bertz CT molecular complexity index is 659. The Morgan fingerprint density at radius 2 is 1.65 bits per heavy atom. The van der Waals surface area contributed by atoms with E-state index in [1.165, 1.54) is 6.26 Å². The van der Waals surface area contributed by atoms with Gasteiger partial charge in [0.15, 0.2) is 5.76 Å². The summed E-state index contributed by atoms with van der Waals surface area (Å²) < 4.78 is 5.04. The molecule has 3 rings (SSSR count). The van der Waals surface area contributed by atoms with Crippen molar-refractivity contribution in [2.45, 2.75) is 12.8 Å². The molecule has 1 fully saturated rings. The van der Waals surface area contributed by atoms with Crippen molar-refractivity contribution in [3.63, 3.8) is 0 Å². The van der Waals surface area contributed by atoms with E-state index < -0.39 is 0 Å². The van der Waals surface area contributed by atoms with Crippen molar-refractivity contribution < 1.29 is 14.0 Å². The minimum absolute atomic E-state index is 0.0545. The lowest BCUT2D eigenvalue weighted by Crippen LogP contribution is -2.34. The van der Waals surface area contributed by atoms with Crippen molar-refractivity contribution in [2.24, 2.45) is 5.92 Å². The van der Waals surface area contributed by atoms with Crippen LogP contribution in [0.4, 0.5) is 11.4 Å². The van der Waals surface area contributed by atoms with E-state index in [9.17, 15) is 9.59 Å². The van der Waals surface area contributed by atoms with Crippen molar-refractivity contribution in [2.75, 3.05) is 23.7 Å². The van der Waals surface area contributed by atoms with Crippen LogP contribution in [0.3, 0.4) is 0 Å². The molecule has 0 atom stereocenters. The van der Waals surface area contributed by atoms with Gasteiger partial charge >= 0.3 is 0 Å². The van der Waals surface area contributed by atoms with Gasteiger partial charge in [-0.1, -0.05) is 0 Å². The molecule has 2 amide bonds. The van der Waals surface area contributed by atoms with E-state index in [0.29, 0.717) is 5.69 Å². The minimum atomic E-state index is -0.304. The molecule has 23 heavy (non-hydrogen) atoms. The molecule has 0 aliphatic carbocycles. The summed E-state index contributed by atoms with van der Waals surface area (Å²) in [6.07, 6.45) is 3.18. The molecule has 2 heterocycles. The van der Waals surface area contributed by atoms with Crippen LogP contribution in [0, 0.1) is 5.92 Å². The smallest absolute Gasteiger partial charge is 0.291 e. The Balaban J connectivity index is 1.56. The maximum atomic E-state index is 12.2. The molecule has 0 saturated carbocycles. The van der Waals surface area contributed by atoms with Gasteiger partial charge in [-0.25, -0.2) is 0 Å². The Hall–Kier alpha value is -2.60. The van der Waals surface area contributed by atoms with E-state index in [-0.39, 0.29) is 23.5 Å². The van der Waals surface area contributed by atoms with Gasteiger partial charge in [-0.2, -0.15) is 0 Å². The van der Waals surface area contributed by atoms with Gasteiger partial charge in [0.2, 0.25) is 5.91 Å². The van der Waals surface area contributed by atoms with Crippen LogP contribution in [0.5, 0.6) is 0 Å². The van der Waals surface area contributed by atoms with Crippen LogP contribution in [0.25, 0.3) is 0 Å². The van der Waals surface area contributed by atoms with Gasteiger partial charge in [0.05, 0.1) is 6.26 Å². The zero-order valence-electron chi connectivity index (χ0n) is 12.7. The zero-order valence-corrected chi connectivity index (χ0v) is 12.7. The normalized spacial score (nSPS) is 15.1. The standard InChI is InChI=1S/C17H19N3O3/c21-16(12-7-9-18-10-8-12)19-13-3-5-14(6-4-13)20-17(22)15-2-1-11-23-15/h1-6,11-12,18H,7-10H2,(H,19,21)(H,20,22). The van der Waals surface area contributed by atoms with Crippen LogP contribution >= 0.6 is 0 Å². The number of hydrogen-bond acceptors (Lipinski definition) is 4.